The lowest BCUT2D eigenvalue weighted by Crippen LogP contribution is -2.49. The van der Waals surface area contributed by atoms with E-state index in [1.54, 1.807) is 12.1 Å². The summed E-state index contributed by atoms with van der Waals surface area (Å²) < 4.78 is 22.9. The maximum atomic E-state index is 13.1. The summed E-state index contributed by atoms with van der Waals surface area (Å²) in [7, 11) is -3.75. The molecule has 2 aromatic carbocycles. The molecule has 1 aliphatic carbocycles. The van der Waals surface area contributed by atoms with Gasteiger partial charge >= 0.3 is 0 Å². The van der Waals surface area contributed by atoms with Gasteiger partial charge in [-0.3, -0.25) is 9.59 Å². The third kappa shape index (κ3) is 6.97. The third-order valence-corrected chi connectivity index (χ3v) is 8.62. The molecule has 2 aromatic rings. The highest BCUT2D eigenvalue weighted by atomic mass is 32.2. The molecule has 0 unspecified atom stereocenters. The number of rotatable bonds is 10. The molecule has 1 saturated heterocycles. The van der Waals surface area contributed by atoms with Crippen LogP contribution < -0.4 is 10.0 Å². The first-order valence-corrected chi connectivity index (χ1v) is 14.8. The summed E-state index contributed by atoms with van der Waals surface area (Å²) in [6.07, 6.45) is 5.14. The van der Waals surface area contributed by atoms with E-state index in [-0.39, 0.29) is 35.1 Å². The molecule has 0 aromatic heterocycles. The van der Waals surface area contributed by atoms with E-state index in [1.807, 2.05) is 47.1 Å². The van der Waals surface area contributed by atoms with Gasteiger partial charge in [-0.05, 0) is 62.4 Å². The van der Waals surface area contributed by atoms with Crippen LogP contribution in [0.1, 0.15) is 44.6 Å². The van der Waals surface area contributed by atoms with Crippen molar-refractivity contribution in [2.24, 2.45) is 11.1 Å². The first kappa shape index (κ1) is 27.3. The minimum Gasteiger partial charge on any atom is -0.340 e. The second-order valence-electron chi connectivity index (χ2n) is 10.1. The summed E-state index contributed by atoms with van der Waals surface area (Å²) >= 11 is 0. The zero-order valence-corrected chi connectivity index (χ0v) is 22.4. The molecule has 0 spiro atoms. The Morgan fingerprint density at radius 2 is 1.62 bits per heavy atom. The van der Waals surface area contributed by atoms with Crippen molar-refractivity contribution in [2.75, 3.05) is 37.6 Å². The summed E-state index contributed by atoms with van der Waals surface area (Å²) in [5, 5.41) is 5.16. The molecule has 0 bridgehead atoms. The quantitative estimate of drug-likeness (QED) is 0.513. The molecule has 2 fully saturated rings. The summed E-state index contributed by atoms with van der Waals surface area (Å²) in [6.45, 7) is 5.90. The van der Waals surface area contributed by atoms with E-state index in [1.165, 1.54) is 12.1 Å². The molecule has 2 N–H and O–H groups in total. The number of nitrogens with zero attached hydrogens (tertiary/aromatic N) is 3. The monoisotopic (exact) mass is 526 g/mol. The minimum absolute atomic E-state index is 0.0450. The number of likely N-dealkylation sites (N-methyl/N-ethyl adjacent to an activating group) is 1. The summed E-state index contributed by atoms with van der Waals surface area (Å²) in [5.41, 5.74) is 1.74. The zero-order valence-electron chi connectivity index (χ0n) is 21.6. The van der Waals surface area contributed by atoms with Crippen molar-refractivity contribution in [3.05, 3.63) is 60.2 Å². The normalized spacial score (nSPS) is 17.2. The molecule has 8 nitrogen and oxygen atoms in total. The van der Waals surface area contributed by atoms with Gasteiger partial charge in [0.25, 0.3) is 0 Å². The Labute approximate surface area is 220 Å². The minimum atomic E-state index is -3.75. The van der Waals surface area contributed by atoms with Gasteiger partial charge in [0.2, 0.25) is 21.8 Å². The SMILES string of the molecule is CCN(C(=O)Cc1ccc(S(N)(=O)=O)cc1)C1CCN(CCN(C(=O)C2CCC2)c2ccccc2)CC1. The number of piperidine rings is 1. The van der Waals surface area contributed by atoms with Gasteiger partial charge in [0, 0.05) is 50.4 Å². The number of primary sulfonamides is 1. The first-order chi connectivity index (χ1) is 17.8. The second-order valence-corrected chi connectivity index (χ2v) is 11.6. The van der Waals surface area contributed by atoms with Gasteiger partial charge in [-0.1, -0.05) is 36.8 Å². The van der Waals surface area contributed by atoms with Gasteiger partial charge in [0.05, 0.1) is 11.3 Å². The van der Waals surface area contributed by atoms with Gasteiger partial charge < -0.3 is 14.7 Å². The van der Waals surface area contributed by atoms with Crippen LogP contribution >= 0.6 is 0 Å². The third-order valence-electron chi connectivity index (χ3n) is 7.69. The van der Waals surface area contributed by atoms with Gasteiger partial charge in [-0.2, -0.15) is 0 Å². The number of hydrogen-bond acceptors (Lipinski definition) is 5. The van der Waals surface area contributed by atoms with E-state index in [0.29, 0.717) is 13.1 Å². The van der Waals surface area contributed by atoms with E-state index < -0.39 is 10.0 Å². The fourth-order valence-corrected chi connectivity index (χ4v) is 5.77. The van der Waals surface area contributed by atoms with E-state index in [4.69, 9.17) is 5.14 Å². The molecular formula is C28H38N4O4S. The lowest BCUT2D eigenvalue weighted by Gasteiger charge is -2.39. The van der Waals surface area contributed by atoms with E-state index in [2.05, 4.69) is 4.90 Å². The van der Waals surface area contributed by atoms with E-state index in [9.17, 15) is 18.0 Å². The standard InChI is InChI=1S/C28H38N4O4S/c1-2-31(27(33)21-22-11-13-26(14-12-22)37(29,35)36)25-15-17-30(18-16-25)19-20-32(24-9-4-3-5-10-24)28(34)23-7-6-8-23/h3-5,9-14,23,25H,2,6-8,15-21H2,1H3,(H2,29,35,36). The fraction of sp³-hybridized carbons (Fsp3) is 0.500. The van der Waals surface area contributed by atoms with Crippen LogP contribution in [0.2, 0.25) is 0 Å². The fourth-order valence-electron chi connectivity index (χ4n) is 5.26. The number of carbonyl (C=O) groups is 2. The Morgan fingerprint density at radius 1 is 0.973 bits per heavy atom. The predicted octanol–water partition coefficient (Wildman–Crippen LogP) is 3.02. The second kappa shape index (κ2) is 12.2. The Kier molecular flexibility index (Phi) is 9.00. The molecule has 200 valence electrons. The molecule has 1 aliphatic heterocycles. The lowest BCUT2D eigenvalue weighted by atomic mass is 9.84. The Morgan fingerprint density at radius 3 is 2.16 bits per heavy atom. The maximum Gasteiger partial charge on any atom is 0.238 e. The van der Waals surface area contributed by atoms with Crippen LogP contribution in [0.15, 0.2) is 59.5 Å². The molecule has 4 rings (SSSR count). The number of carbonyl (C=O) groups excluding carboxylic acids is 2. The summed E-state index contributed by atoms with van der Waals surface area (Å²) in [6, 6.07) is 16.3. The molecule has 1 heterocycles. The highest BCUT2D eigenvalue weighted by Gasteiger charge is 2.31. The summed E-state index contributed by atoms with van der Waals surface area (Å²) in [4.78, 5) is 32.5. The average Bonchev–Trinajstić information content (AvgIpc) is 2.85. The van der Waals surface area contributed by atoms with Crippen LogP contribution in [0.3, 0.4) is 0 Å². The lowest BCUT2D eigenvalue weighted by molar-refractivity contribution is -0.133. The smallest absolute Gasteiger partial charge is 0.238 e. The van der Waals surface area contributed by atoms with Crippen LogP contribution in [-0.2, 0) is 26.0 Å². The Bertz CT molecular complexity index is 1160. The Hall–Kier alpha value is -2.75. The van der Waals surface area contributed by atoms with Crippen molar-refractivity contribution in [1.82, 2.24) is 9.80 Å². The van der Waals surface area contributed by atoms with Crippen molar-refractivity contribution in [3.8, 4) is 0 Å². The largest absolute Gasteiger partial charge is 0.340 e. The molecule has 0 radical (unpaired) electrons. The highest BCUT2D eigenvalue weighted by Crippen LogP contribution is 2.30. The molecule has 2 aliphatic rings. The van der Waals surface area contributed by atoms with Crippen molar-refractivity contribution in [1.29, 1.82) is 0 Å². The molecular weight excluding hydrogens is 488 g/mol. The zero-order chi connectivity index (χ0) is 26.4. The van der Waals surface area contributed by atoms with Crippen molar-refractivity contribution in [2.45, 2.75) is 56.4 Å². The van der Waals surface area contributed by atoms with E-state index >= 15 is 0 Å². The summed E-state index contributed by atoms with van der Waals surface area (Å²) in [5.74, 6) is 0.448. The van der Waals surface area contributed by atoms with Crippen LogP contribution in [0.25, 0.3) is 0 Å². The van der Waals surface area contributed by atoms with Crippen LogP contribution in [0, 0.1) is 5.92 Å². The number of anilines is 1. The Balaban J connectivity index is 1.29. The predicted molar refractivity (Wildman–Crippen MR) is 145 cm³/mol. The number of amides is 2. The van der Waals surface area contributed by atoms with Crippen molar-refractivity contribution in [3.63, 3.8) is 0 Å². The van der Waals surface area contributed by atoms with E-state index in [0.717, 1.165) is 63.0 Å². The van der Waals surface area contributed by atoms with Crippen LogP contribution in [0.5, 0.6) is 0 Å². The van der Waals surface area contributed by atoms with Crippen LogP contribution in [-0.4, -0.2) is 68.8 Å². The van der Waals surface area contributed by atoms with Gasteiger partial charge in [-0.15, -0.1) is 0 Å². The molecule has 0 atom stereocenters. The average molecular weight is 527 g/mol. The number of likely N-dealkylation sites (tertiary alicyclic amines) is 1. The van der Waals surface area contributed by atoms with Crippen molar-refractivity contribution < 1.29 is 18.0 Å². The number of sulfonamides is 1. The maximum absolute atomic E-state index is 13.1. The number of hydrogen-bond donors (Lipinski definition) is 1. The van der Waals surface area contributed by atoms with Crippen molar-refractivity contribution >= 4 is 27.5 Å². The first-order valence-electron chi connectivity index (χ1n) is 13.3. The van der Waals surface area contributed by atoms with Gasteiger partial charge in [-0.25, -0.2) is 13.6 Å². The highest BCUT2D eigenvalue weighted by molar-refractivity contribution is 7.89. The molecule has 2 amide bonds. The van der Waals surface area contributed by atoms with Gasteiger partial charge in [0.1, 0.15) is 0 Å². The molecule has 37 heavy (non-hydrogen) atoms. The van der Waals surface area contributed by atoms with Crippen LogP contribution in [0.4, 0.5) is 5.69 Å². The molecule has 1 saturated carbocycles. The van der Waals surface area contributed by atoms with Gasteiger partial charge in [0.15, 0.2) is 0 Å². The number of benzene rings is 2. The topological polar surface area (TPSA) is 104 Å². The number of para-hydroxylation sites is 1. The number of nitrogens with two attached hydrogens (primary N) is 1. The molecule has 9 heteroatoms.